The monoisotopic (exact) mass is 217 g/mol. The van der Waals surface area contributed by atoms with Crippen molar-refractivity contribution in [2.24, 2.45) is 0 Å². The highest BCUT2D eigenvalue weighted by Crippen LogP contribution is 2.02. The molecule has 1 aromatic carbocycles. The Kier molecular flexibility index (Phi) is 2.95. The van der Waals surface area contributed by atoms with Crippen LogP contribution in [-0.2, 0) is 6.54 Å². The number of aromatic nitrogens is 2. The fourth-order valence-electron chi connectivity index (χ4n) is 1.30. The molecule has 1 amide bonds. The Labute approximate surface area is 92.4 Å². The Hall–Kier alpha value is -2.17. The zero-order chi connectivity index (χ0) is 11.4. The van der Waals surface area contributed by atoms with Gasteiger partial charge in [-0.15, -0.1) is 0 Å². The summed E-state index contributed by atoms with van der Waals surface area (Å²) >= 11 is 0. The van der Waals surface area contributed by atoms with Crippen LogP contribution in [0, 0.1) is 6.92 Å². The molecule has 1 aromatic heterocycles. The number of nitrogens with zero attached hydrogens (tertiary/aromatic N) is 2. The third-order valence-electron chi connectivity index (χ3n) is 2.16. The van der Waals surface area contributed by atoms with Crippen LogP contribution in [0.25, 0.3) is 0 Å². The summed E-state index contributed by atoms with van der Waals surface area (Å²) in [4.78, 5) is 11.6. The maximum absolute atomic E-state index is 11.6. The highest BCUT2D eigenvalue weighted by molar-refractivity contribution is 5.92. The molecule has 16 heavy (non-hydrogen) atoms. The molecule has 82 valence electrons. The first-order valence-corrected chi connectivity index (χ1v) is 4.88. The van der Waals surface area contributed by atoms with E-state index in [1.165, 1.54) is 0 Å². The first-order chi connectivity index (χ1) is 7.77. The van der Waals surface area contributed by atoms with Gasteiger partial charge >= 0.3 is 0 Å². The predicted octanol–water partition coefficient (Wildman–Crippen LogP) is 1.31. The number of hydrogen-bond donors (Lipinski definition) is 1. The summed E-state index contributed by atoms with van der Waals surface area (Å²) in [6.45, 7) is 2.14. The molecule has 0 saturated carbocycles. The van der Waals surface area contributed by atoms with E-state index in [-0.39, 0.29) is 11.6 Å². The maximum atomic E-state index is 11.6. The molecule has 0 aliphatic carbocycles. The van der Waals surface area contributed by atoms with Crippen molar-refractivity contribution in [2.45, 2.75) is 13.5 Å². The van der Waals surface area contributed by atoms with Crippen molar-refractivity contribution in [3.8, 4) is 0 Å². The van der Waals surface area contributed by atoms with Crippen molar-refractivity contribution in [3.05, 3.63) is 47.3 Å². The van der Waals surface area contributed by atoms with E-state index >= 15 is 0 Å². The minimum atomic E-state index is -0.275. The van der Waals surface area contributed by atoms with Crippen LogP contribution >= 0.6 is 0 Å². The lowest BCUT2D eigenvalue weighted by molar-refractivity contribution is 0.0940. The average molecular weight is 217 g/mol. The zero-order valence-electron chi connectivity index (χ0n) is 8.80. The van der Waals surface area contributed by atoms with E-state index in [2.05, 4.69) is 20.3 Å². The lowest BCUT2D eigenvalue weighted by Gasteiger charge is -2.02. The molecule has 0 spiro atoms. The van der Waals surface area contributed by atoms with E-state index in [0.29, 0.717) is 12.2 Å². The molecule has 0 bridgehead atoms. The fraction of sp³-hybridized carbons (Fsp3) is 0.182. The molecule has 0 saturated heterocycles. The number of aryl methyl sites for hydroxylation is 1. The molecule has 0 unspecified atom stereocenters. The minimum absolute atomic E-state index is 0.232. The van der Waals surface area contributed by atoms with Gasteiger partial charge in [-0.2, -0.15) is 0 Å². The van der Waals surface area contributed by atoms with Crippen LogP contribution in [0.1, 0.15) is 21.7 Å². The first-order valence-electron chi connectivity index (χ1n) is 4.88. The lowest BCUT2D eigenvalue weighted by atomic mass is 10.2. The van der Waals surface area contributed by atoms with Gasteiger partial charge in [0.25, 0.3) is 5.91 Å². The van der Waals surface area contributed by atoms with Crippen LogP contribution in [0.15, 0.2) is 35.0 Å². The molecule has 0 atom stereocenters. The molecule has 1 heterocycles. The third kappa shape index (κ3) is 2.25. The van der Waals surface area contributed by atoms with Gasteiger partial charge in [0, 0.05) is 6.54 Å². The standard InChI is InChI=1S/C11H11N3O2/c1-8-10(14-16-13-8)11(15)12-7-9-5-3-2-4-6-9/h2-6H,7H2,1H3,(H,12,15). The van der Waals surface area contributed by atoms with Crippen LogP contribution in [0.5, 0.6) is 0 Å². The van der Waals surface area contributed by atoms with Gasteiger partial charge in [0.2, 0.25) is 0 Å². The van der Waals surface area contributed by atoms with E-state index in [4.69, 9.17) is 0 Å². The van der Waals surface area contributed by atoms with Crippen molar-refractivity contribution in [1.29, 1.82) is 0 Å². The number of rotatable bonds is 3. The molecule has 0 aliphatic rings. The number of hydrogen-bond acceptors (Lipinski definition) is 4. The number of nitrogens with one attached hydrogen (secondary N) is 1. The van der Waals surface area contributed by atoms with Crippen LogP contribution in [0.2, 0.25) is 0 Å². The summed E-state index contributed by atoms with van der Waals surface area (Å²) in [7, 11) is 0. The number of carbonyl (C=O) groups excluding carboxylic acids is 1. The first kappa shape index (κ1) is 10.4. The third-order valence-corrected chi connectivity index (χ3v) is 2.16. The predicted molar refractivity (Wildman–Crippen MR) is 56.6 cm³/mol. The summed E-state index contributed by atoms with van der Waals surface area (Å²) in [6, 6.07) is 9.65. The van der Waals surface area contributed by atoms with Crippen LogP contribution in [-0.4, -0.2) is 16.2 Å². The Morgan fingerprint density at radius 1 is 1.31 bits per heavy atom. The highest BCUT2D eigenvalue weighted by atomic mass is 16.6. The molecule has 0 radical (unpaired) electrons. The van der Waals surface area contributed by atoms with E-state index < -0.39 is 0 Å². The zero-order valence-corrected chi connectivity index (χ0v) is 8.80. The van der Waals surface area contributed by atoms with Crippen molar-refractivity contribution in [1.82, 2.24) is 15.6 Å². The second-order valence-electron chi connectivity index (χ2n) is 3.37. The molecule has 2 rings (SSSR count). The van der Waals surface area contributed by atoms with E-state index in [1.807, 2.05) is 30.3 Å². The quantitative estimate of drug-likeness (QED) is 0.841. The second kappa shape index (κ2) is 4.57. The number of benzene rings is 1. The van der Waals surface area contributed by atoms with E-state index in [9.17, 15) is 4.79 Å². The van der Waals surface area contributed by atoms with Gasteiger partial charge in [0.1, 0.15) is 5.69 Å². The normalized spacial score (nSPS) is 10.1. The topological polar surface area (TPSA) is 68.0 Å². The minimum Gasteiger partial charge on any atom is -0.346 e. The Morgan fingerprint density at radius 3 is 2.69 bits per heavy atom. The Morgan fingerprint density at radius 2 is 2.06 bits per heavy atom. The van der Waals surface area contributed by atoms with Crippen LogP contribution in [0.4, 0.5) is 0 Å². The molecule has 0 aliphatic heterocycles. The molecular weight excluding hydrogens is 206 g/mol. The van der Waals surface area contributed by atoms with Gasteiger partial charge < -0.3 is 5.32 Å². The van der Waals surface area contributed by atoms with Gasteiger partial charge in [-0.1, -0.05) is 35.5 Å². The van der Waals surface area contributed by atoms with Crippen molar-refractivity contribution >= 4 is 5.91 Å². The summed E-state index contributed by atoms with van der Waals surface area (Å²) in [5, 5.41) is 9.82. The molecular formula is C11H11N3O2. The summed E-state index contributed by atoms with van der Waals surface area (Å²) < 4.78 is 4.46. The molecule has 5 nitrogen and oxygen atoms in total. The Balaban J connectivity index is 1.97. The van der Waals surface area contributed by atoms with Crippen molar-refractivity contribution in [3.63, 3.8) is 0 Å². The van der Waals surface area contributed by atoms with Crippen molar-refractivity contribution in [2.75, 3.05) is 0 Å². The van der Waals surface area contributed by atoms with Gasteiger partial charge in [-0.25, -0.2) is 4.63 Å². The molecule has 1 N–H and O–H groups in total. The molecule has 2 aromatic rings. The molecule has 0 fully saturated rings. The number of amides is 1. The Bertz CT molecular complexity index is 479. The van der Waals surface area contributed by atoms with Gasteiger partial charge in [-0.3, -0.25) is 4.79 Å². The SMILES string of the molecule is Cc1nonc1C(=O)NCc1ccccc1. The summed E-state index contributed by atoms with van der Waals surface area (Å²) in [5.74, 6) is -0.275. The molecule has 5 heteroatoms. The smallest absolute Gasteiger partial charge is 0.275 e. The largest absolute Gasteiger partial charge is 0.346 e. The summed E-state index contributed by atoms with van der Waals surface area (Å²) in [6.07, 6.45) is 0. The van der Waals surface area contributed by atoms with Gasteiger partial charge in [-0.05, 0) is 17.6 Å². The highest BCUT2D eigenvalue weighted by Gasteiger charge is 2.13. The van der Waals surface area contributed by atoms with Crippen LogP contribution < -0.4 is 5.32 Å². The van der Waals surface area contributed by atoms with Gasteiger partial charge in [0.05, 0.1) is 0 Å². The maximum Gasteiger partial charge on any atom is 0.275 e. The average Bonchev–Trinajstić information content (AvgIpc) is 2.74. The second-order valence-corrected chi connectivity index (χ2v) is 3.37. The van der Waals surface area contributed by atoms with Crippen molar-refractivity contribution < 1.29 is 9.42 Å². The van der Waals surface area contributed by atoms with Gasteiger partial charge in [0.15, 0.2) is 5.69 Å². The number of carbonyl (C=O) groups is 1. The van der Waals surface area contributed by atoms with E-state index in [0.717, 1.165) is 5.56 Å². The van der Waals surface area contributed by atoms with E-state index in [1.54, 1.807) is 6.92 Å². The lowest BCUT2D eigenvalue weighted by Crippen LogP contribution is -2.23. The van der Waals surface area contributed by atoms with Crippen LogP contribution in [0.3, 0.4) is 0 Å². The summed E-state index contributed by atoms with van der Waals surface area (Å²) in [5.41, 5.74) is 1.76. The fourth-order valence-corrected chi connectivity index (χ4v) is 1.30.